The summed E-state index contributed by atoms with van der Waals surface area (Å²) < 4.78 is 5.09. The highest BCUT2D eigenvalue weighted by atomic mass is 16.5. The number of hydrogen-bond donors (Lipinski definition) is 2. The summed E-state index contributed by atoms with van der Waals surface area (Å²) in [6.07, 6.45) is 3.47. The third-order valence-corrected chi connectivity index (χ3v) is 2.19. The number of amides is 1. The average Bonchev–Trinajstić information content (AvgIpc) is 2.29. The van der Waals surface area contributed by atoms with E-state index in [1.807, 2.05) is 6.92 Å². The summed E-state index contributed by atoms with van der Waals surface area (Å²) in [7, 11) is 0. The fourth-order valence-corrected chi connectivity index (χ4v) is 1.29. The Hall–Kier alpha value is -1.36. The average molecular weight is 243 g/mol. The van der Waals surface area contributed by atoms with Crippen molar-refractivity contribution in [3.8, 4) is 0 Å². The minimum absolute atomic E-state index is 0.249. The molecule has 0 heterocycles. The van der Waals surface area contributed by atoms with Gasteiger partial charge in [0.05, 0.1) is 0 Å². The lowest BCUT2D eigenvalue weighted by molar-refractivity contribution is -0.142. The quantitative estimate of drug-likeness (QED) is 0.448. The Balaban J connectivity index is 3.86. The molecule has 17 heavy (non-hydrogen) atoms. The number of allylic oxidation sites excluding steroid dienone is 1. The summed E-state index contributed by atoms with van der Waals surface area (Å²) >= 11 is 0. The van der Waals surface area contributed by atoms with Gasteiger partial charge in [-0.15, -0.1) is 6.58 Å². The SMILES string of the molecule is C=CCCC(NC(=O)CCCOCC)C(=O)O. The van der Waals surface area contributed by atoms with Crippen LogP contribution in [-0.4, -0.2) is 36.2 Å². The van der Waals surface area contributed by atoms with Crippen LogP contribution in [0.15, 0.2) is 12.7 Å². The van der Waals surface area contributed by atoms with Crippen molar-refractivity contribution in [2.24, 2.45) is 0 Å². The molecule has 0 spiro atoms. The number of carboxylic acids is 1. The third kappa shape index (κ3) is 8.45. The lowest BCUT2D eigenvalue weighted by Gasteiger charge is -2.13. The lowest BCUT2D eigenvalue weighted by atomic mass is 10.1. The number of nitrogens with one attached hydrogen (secondary N) is 1. The van der Waals surface area contributed by atoms with E-state index in [4.69, 9.17) is 9.84 Å². The van der Waals surface area contributed by atoms with Gasteiger partial charge in [0, 0.05) is 19.6 Å². The summed E-state index contributed by atoms with van der Waals surface area (Å²) in [6.45, 7) is 6.55. The van der Waals surface area contributed by atoms with E-state index in [1.165, 1.54) is 0 Å². The van der Waals surface area contributed by atoms with E-state index < -0.39 is 12.0 Å². The second kappa shape index (κ2) is 9.84. The summed E-state index contributed by atoms with van der Waals surface area (Å²) in [5.74, 6) is -1.26. The minimum atomic E-state index is -1.01. The molecule has 0 radical (unpaired) electrons. The third-order valence-electron chi connectivity index (χ3n) is 2.19. The Bertz CT molecular complexity index is 253. The first kappa shape index (κ1) is 15.6. The highest BCUT2D eigenvalue weighted by Gasteiger charge is 2.18. The Labute approximate surface area is 102 Å². The Morgan fingerprint density at radius 3 is 2.76 bits per heavy atom. The first-order valence-corrected chi connectivity index (χ1v) is 5.82. The first-order chi connectivity index (χ1) is 8.11. The van der Waals surface area contributed by atoms with Crippen LogP contribution in [0.5, 0.6) is 0 Å². The van der Waals surface area contributed by atoms with Crippen LogP contribution in [0.3, 0.4) is 0 Å². The maximum Gasteiger partial charge on any atom is 0.326 e. The zero-order valence-corrected chi connectivity index (χ0v) is 10.3. The van der Waals surface area contributed by atoms with Gasteiger partial charge in [0.25, 0.3) is 0 Å². The minimum Gasteiger partial charge on any atom is -0.480 e. The summed E-state index contributed by atoms with van der Waals surface area (Å²) in [6, 6.07) is -0.826. The molecule has 0 bridgehead atoms. The molecule has 2 N–H and O–H groups in total. The molecule has 0 rings (SSSR count). The maximum absolute atomic E-state index is 11.4. The molecule has 5 heteroatoms. The number of carbonyl (C=O) groups is 2. The maximum atomic E-state index is 11.4. The highest BCUT2D eigenvalue weighted by molar-refractivity contribution is 5.83. The fraction of sp³-hybridized carbons (Fsp3) is 0.667. The fourth-order valence-electron chi connectivity index (χ4n) is 1.29. The van der Waals surface area contributed by atoms with Crippen molar-refractivity contribution in [2.45, 2.75) is 38.6 Å². The second-order valence-electron chi connectivity index (χ2n) is 3.62. The normalized spacial score (nSPS) is 11.8. The van der Waals surface area contributed by atoms with Crippen molar-refractivity contribution >= 4 is 11.9 Å². The number of ether oxygens (including phenoxy) is 1. The van der Waals surface area contributed by atoms with Crippen molar-refractivity contribution in [1.29, 1.82) is 0 Å². The van der Waals surface area contributed by atoms with Crippen molar-refractivity contribution in [3.63, 3.8) is 0 Å². The second-order valence-corrected chi connectivity index (χ2v) is 3.62. The van der Waals surface area contributed by atoms with E-state index in [1.54, 1.807) is 6.08 Å². The Morgan fingerprint density at radius 1 is 1.53 bits per heavy atom. The van der Waals surface area contributed by atoms with Crippen LogP contribution in [0.25, 0.3) is 0 Å². The Kier molecular flexibility index (Phi) is 9.05. The van der Waals surface area contributed by atoms with E-state index in [9.17, 15) is 9.59 Å². The number of carbonyl (C=O) groups excluding carboxylic acids is 1. The molecule has 0 aromatic carbocycles. The van der Waals surface area contributed by atoms with Crippen LogP contribution < -0.4 is 5.32 Å². The zero-order valence-electron chi connectivity index (χ0n) is 10.3. The molecule has 0 saturated carbocycles. The molecule has 0 aliphatic heterocycles. The number of hydrogen-bond acceptors (Lipinski definition) is 3. The largest absolute Gasteiger partial charge is 0.480 e. The van der Waals surface area contributed by atoms with E-state index in [0.29, 0.717) is 32.5 Å². The van der Waals surface area contributed by atoms with Crippen LogP contribution in [0.2, 0.25) is 0 Å². The van der Waals surface area contributed by atoms with E-state index in [0.717, 1.165) is 0 Å². The molecule has 0 aliphatic carbocycles. The molecule has 0 fully saturated rings. The summed E-state index contributed by atoms with van der Waals surface area (Å²) in [5.41, 5.74) is 0. The standard InChI is InChI=1S/C12H21NO4/c1-3-5-7-10(12(15)16)13-11(14)8-6-9-17-4-2/h3,10H,1,4-9H2,2H3,(H,13,14)(H,15,16). The van der Waals surface area contributed by atoms with Crippen molar-refractivity contribution in [3.05, 3.63) is 12.7 Å². The molecule has 98 valence electrons. The Morgan fingerprint density at radius 2 is 2.24 bits per heavy atom. The molecule has 0 aliphatic rings. The molecule has 5 nitrogen and oxygen atoms in total. The van der Waals surface area contributed by atoms with Gasteiger partial charge >= 0.3 is 5.97 Å². The zero-order chi connectivity index (χ0) is 13.1. The van der Waals surface area contributed by atoms with E-state index in [-0.39, 0.29) is 12.3 Å². The smallest absolute Gasteiger partial charge is 0.326 e. The van der Waals surface area contributed by atoms with Crippen LogP contribution >= 0.6 is 0 Å². The predicted molar refractivity (Wildman–Crippen MR) is 64.7 cm³/mol. The molecule has 0 aromatic heterocycles. The first-order valence-electron chi connectivity index (χ1n) is 5.82. The molecular formula is C12H21NO4. The van der Waals surface area contributed by atoms with Crippen LogP contribution in [0, 0.1) is 0 Å². The van der Waals surface area contributed by atoms with Crippen LogP contribution in [0.4, 0.5) is 0 Å². The van der Waals surface area contributed by atoms with Gasteiger partial charge in [-0.25, -0.2) is 4.79 Å². The van der Waals surface area contributed by atoms with Gasteiger partial charge in [0.15, 0.2) is 0 Å². The van der Waals surface area contributed by atoms with Gasteiger partial charge < -0.3 is 15.2 Å². The van der Waals surface area contributed by atoms with Crippen LogP contribution in [-0.2, 0) is 14.3 Å². The van der Waals surface area contributed by atoms with Gasteiger partial charge in [-0.05, 0) is 26.2 Å². The number of rotatable bonds is 10. The molecule has 1 atom stereocenters. The van der Waals surface area contributed by atoms with Gasteiger partial charge in [-0.1, -0.05) is 6.08 Å². The predicted octanol–water partition coefficient (Wildman–Crippen LogP) is 1.34. The lowest BCUT2D eigenvalue weighted by Crippen LogP contribution is -2.40. The molecule has 0 saturated heterocycles. The molecule has 1 amide bonds. The van der Waals surface area contributed by atoms with Crippen molar-refractivity contribution in [2.75, 3.05) is 13.2 Å². The van der Waals surface area contributed by atoms with Gasteiger partial charge in [0.1, 0.15) is 6.04 Å². The van der Waals surface area contributed by atoms with Gasteiger partial charge in [-0.2, -0.15) is 0 Å². The molecule has 0 aromatic rings. The summed E-state index contributed by atoms with van der Waals surface area (Å²) in [5, 5.41) is 11.4. The number of carboxylic acid groups (broad SMARTS) is 1. The van der Waals surface area contributed by atoms with E-state index >= 15 is 0 Å². The monoisotopic (exact) mass is 243 g/mol. The number of aliphatic carboxylic acids is 1. The van der Waals surface area contributed by atoms with Gasteiger partial charge in [0.2, 0.25) is 5.91 Å². The molecule has 1 unspecified atom stereocenters. The highest BCUT2D eigenvalue weighted by Crippen LogP contribution is 2.00. The van der Waals surface area contributed by atoms with Crippen LogP contribution in [0.1, 0.15) is 32.6 Å². The topological polar surface area (TPSA) is 75.6 Å². The van der Waals surface area contributed by atoms with Gasteiger partial charge in [-0.3, -0.25) is 4.79 Å². The van der Waals surface area contributed by atoms with Crippen molar-refractivity contribution in [1.82, 2.24) is 5.32 Å². The van der Waals surface area contributed by atoms with Crippen molar-refractivity contribution < 1.29 is 19.4 Å². The van der Waals surface area contributed by atoms with E-state index in [2.05, 4.69) is 11.9 Å². The summed E-state index contributed by atoms with van der Waals surface area (Å²) in [4.78, 5) is 22.3. The molecular weight excluding hydrogens is 222 g/mol.